The Morgan fingerprint density at radius 3 is 1.50 bits per heavy atom. The summed E-state index contributed by atoms with van der Waals surface area (Å²) in [6.45, 7) is 2.77. The molecule has 4 fully saturated rings. The summed E-state index contributed by atoms with van der Waals surface area (Å²) in [4.78, 5) is 25.5. The van der Waals surface area contributed by atoms with E-state index in [0.717, 1.165) is 37.5 Å². The Kier molecular flexibility index (Phi) is 7.75. The number of esters is 2. The van der Waals surface area contributed by atoms with Gasteiger partial charge in [-0.15, -0.1) is 0 Å². The third kappa shape index (κ3) is 5.22. The van der Waals surface area contributed by atoms with E-state index in [9.17, 15) is 9.59 Å². The van der Waals surface area contributed by atoms with Gasteiger partial charge < -0.3 is 9.47 Å². The largest absolute Gasteiger partial charge is 0.465 e. The molecule has 6 atom stereocenters. The van der Waals surface area contributed by atoms with E-state index in [1.165, 1.54) is 64.2 Å². The van der Waals surface area contributed by atoms with Gasteiger partial charge in [0.25, 0.3) is 0 Å². The Morgan fingerprint density at radius 1 is 0.633 bits per heavy atom. The minimum absolute atomic E-state index is 0.00195. The average Bonchev–Trinajstić information content (AvgIpc) is 2.80. The summed E-state index contributed by atoms with van der Waals surface area (Å²) in [5, 5.41) is 0. The van der Waals surface area contributed by atoms with Gasteiger partial charge in [0.2, 0.25) is 0 Å². The maximum Gasteiger partial charge on any atom is 0.309 e. The Morgan fingerprint density at radius 2 is 1.03 bits per heavy atom. The maximum atomic E-state index is 12.8. The summed E-state index contributed by atoms with van der Waals surface area (Å²) in [5.41, 5.74) is 0. The van der Waals surface area contributed by atoms with Gasteiger partial charge in [-0.05, 0) is 49.4 Å². The predicted octanol–water partition coefficient (Wildman–Crippen LogP) is 5.92. The lowest BCUT2D eigenvalue weighted by Gasteiger charge is -2.40. The first-order valence-electron chi connectivity index (χ1n) is 13.0. The van der Waals surface area contributed by atoms with E-state index < -0.39 is 0 Å². The van der Waals surface area contributed by atoms with Crippen LogP contribution in [0.15, 0.2) is 0 Å². The van der Waals surface area contributed by atoms with E-state index in [-0.39, 0.29) is 29.7 Å². The summed E-state index contributed by atoms with van der Waals surface area (Å²) in [6, 6.07) is 0. The zero-order chi connectivity index (χ0) is 20.9. The molecule has 0 saturated heterocycles. The lowest BCUT2D eigenvalue weighted by molar-refractivity contribution is -0.159. The average molecular weight is 419 g/mol. The fourth-order valence-corrected chi connectivity index (χ4v) is 7.17. The van der Waals surface area contributed by atoms with Crippen LogP contribution in [-0.4, -0.2) is 25.2 Å². The van der Waals surface area contributed by atoms with Crippen LogP contribution in [0.1, 0.15) is 96.8 Å². The fourth-order valence-electron chi connectivity index (χ4n) is 7.17. The third-order valence-corrected chi connectivity index (χ3v) is 8.78. The molecule has 0 radical (unpaired) electrons. The van der Waals surface area contributed by atoms with Gasteiger partial charge in [-0.25, -0.2) is 0 Å². The molecule has 4 aliphatic rings. The first-order chi connectivity index (χ1) is 14.6. The molecule has 4 aliphatic carbocycles. The Bertz CT molecular complexity index is 534. The molecule has 4 heteroatoms. The minimum atomic E-state index is 0.00195. The van der Waals surface area contributed by atoms with Crippen molar-refractivity contribution in [3.05, 3.63) is 0 Å². The van der Waals surface area contributed by atoms with Gasteiger partial charge in [0.15, 0.2) is 0 Å². The van der Waals surface area contributed by atoms with Crippen molar-refractivity contribution in [2.75, 3.05) is 13.2 Å². The van der Waals surface area contributed by atoms with Crippen LogP contribution in [0, 0.1) is 41.4 Å². The monoisotopic (exact) mass is 418 g/mol. The Labute approximate surface area is 182 Å². The van der Waals surface area contributed by atoms with E-state index in [1.54, 1.807) is 0 Å². The van der Waals surface area contributed by atoms with Gasteiger partial charge in [-0.2, -0.15) is 0 Å². The van der Waals surface area contributed by atoms with Crippen LogP contribution < -0.4 is 0 Å². The van der Waals surface area contributed by atoms with Crippen molar-refractivity contribution in [2.45, 2.75) is 96.8 Å². The van der Waals surface area contributed by atoms with Gasteiger partial charge in [-0.3, -0.25) is 9.59 Å². The van der Waals surface area contributed by atoms with E-state index in [2.05, 4.69) is 0 Å². The highest BCUT2D eigenvalue weighted by Crippen LogP contribution is 2.45. The topological polar surface area (TPSA) is 52.6 Å². The van der Waals surface area contributed by atoms with Crippen molar-refractivity contribution >= 4 is 11.9 Å². The van der Waals surface area contributed by atoms with Gasteiger partial charge >= 0.3 is 11.9 Å². The molecule has 0 aromatic carbocycles. The summed E-state index contributed by atoms with van der Waals surface area (Å²) < 4.78 is 11.5. The standard InChI is InChI=1S/C26H42O4/c1-18(16-29-25(27)23-14-6-10-19-8-2-4-12-21(19)23)17-30-26(28)24-15-7-11-20-9-3-5-13-22(20)24/h18-24H,2-17H2,1H3. The smallest absolute Gasteiger partial charge is 0.309 e. The number of carbonyl (C=O) groups is 2. The van der Waals surface area contributed by atoms with Gasteiger partial charge in [-0.1, -0.05) is 71.1 Å². The van der Waals surface area contributed by atoms with Crippen LogP contribution >= 0.6 is 0 Å². The molecule has 0 heterocycles. The van der Waals surface area contributed by atoms with E-state index >= 15 is 0 Å². The van der Waals surface area contributed by atoms with Crippen LogP contribution in [0.2, 0.25) is 0 Å². The molecule has 0 N–H and O–H groups in total. The van der Waals surface area contributed by atoms with Crippen molar-refractivity contribution in [3.63, 3.8) is 0 Å². The molecule has 4 saturated carbocycles. The highest BCUT2D eigenvalue weighted by atomic mass is 16.5. The molecule has 0 aliphatic heterocycles. The summed E-state index contributed by atoms with van der Waals surface area (Å²) in [6.07, 6.45) is 17.1. The highest BCUT2D eigenvalue weighted by molar-refractivity contribution is 5.73. The summed E-state index contributed by atoms with van der Waals surface area (Å²) in [7, 11) is 0. The second-order valence-electron chi connectivity index (χ2n) is 10.9. The quantitative estimate of drug-likeness (QED) is 0.502. The second kappa shape index (κ2) is 10.5. The number of hydrogen-bond acceptors (Lipinski definition) is 4. The fraction of sp³-hybridized carbons (Fsp3) is 0.923. The van der Waals surface area contributed by atoms with Gasteiger partial charge in [0.05, 0.1) is 25.0 Å². The molecule has 30 heavy (non-hydrogen) atoms. The first kappa shape index (κ1) is 22.1. The van der Waals surface area contributed by atoms with Crippen LogP contribution in [0.4, 0.5) is 0 Å². The molecule has 0 amide bonds. The van der Waals surface area contributed by atoms with Crippen molar-refractivity contribution in [1.29, 1.82) is 0 Å². The normalized spacial score (nSPS) is 37.4. The summed E-state index contributed by atoms with van der Waals surface area (Å²) in [5.74, 6) is 2.84. The Balaban J connectivity index is 1.19. The zero-order valence-electron chi connectivity index (χ0n) is 19.0. The zero-order valence-corrected chi connectivity index (χ0v) is 19.0. The third-order valence-electron chi connectivity index (χ3n) is 8.78. The molecule has 0 bridgehead atoms. The lowest BCUT2D eigenvalue weighted by Crippen LogP contribution is -2.37. The number of fused-ring (bicyclic) bond motifs is 2. The number of rotatable bonds is 6. The molecule has 0 spiro atoms. The minimum Gasteiger partial charge on any atom is -0.465 e. The molecular weight excluding hydrogens is 376 g/mol. The number of ether oxygens (including phenoxy) is 2. The van der Waals surface area contributed by atoms with E-state index in [4.69, 9.17) is 9.47 Å². The van der Waals surface area contributed by atoms with Crippen molar-refractivity contribution in [2.24, 2.45) is 41.4 Å². The molecule has 0 aromatic heterocycles. The summed E-state index contributed by atoms with van der Waals surface area (Å²) >= 11 is 0. The Hall–Kier alpha value is -1.06. The molecule has 6 unspecified atom stereocenters. The second-order valence-corrected chi connectivity index (χ2v) is 10.9. The van der Waals surface area contributed by atoms with Crippen LogP contribution in [0.25, 0.3) is 0 Å². The van der Waals surface area contributed by atoms with E-state index in [0.29, 0.717) is 25.0 Å². The first-order valence-corrected chi connectivity index (χ1v) is 13.0. The van der Waals surface area contributed by atoms with Gasteiger partial charge in [0.1, 0.15) is 0 Å². The number of carbonyl (C=O) groups excluding carboxylic acids is 2. The molecule has 0 aromatic rings. The SMILES string of the molecule is CC(COC(=O)C1CCCC2CCCCC21)COC(=O)C1CCCC2CCCCC21. The van der Waals surface area contributed by atoms with Crippen LogP contribution in [-0.2, 0) is 19.1 Å². The molecule has 4 nitrogen and oxygen atoms in total. The maximum absolute atomic E-state index is 12.8. The van der Waals surface area contributed by atoms with Crippen molar-refractivity contribution in [1.82, 2.24) is 0 Å². The molecular formula is C26H42O4. The van der Waals surface area contributed by atoms with Gasteiger partial charge in [0, 0.05) is 5.92 Å². The van der Waals surface area contributed by atoms with Crippen LogP contribution in [0.3, 0.4) is 0 Å². The number of hydrogen-bond donors (Lipinski definition) is 0. The van der Waals surface area contributed by atoms with Crippen molar-refractivity contribution < 1.29 is 19.1 Å². The lowest BCUT2D eigenvalue weighted by atomic mass is 9.65. The van der Waals surface area contributed by atoms with Crippen LogP contribution in [0.5, 0.6) is 0 Å². The van der Waals surface area contributed by atoms with Crippen molar-refractivity contribution in [3.8, 4) is 0 Å². The predicted molar refractivity (Wildman–Crippen MR) is 117 cm³/mol. The molecule has 4 rings (SSSR count). The highest BCUT2D eigenvalue weighted by Gasteiger charge is 2.40. The molecule has 170 valence electrons. The van der Waals surface area contributed by atoms with E-state index in [1.807, 2.05) is 6.92 Å².